The molecule has 0 spiro atoms. The van der Waals surface area contributed by atoms with E-state index in [1.54, 1.807) is 12.1 Å². The number of benzene rings is 1. The lowest BCUT2D eigenvalue weighted by Gasteiger charge is -2.03. The van der Waals surface area contributed by atoms with E-state index in [0.717, 1.165) is 0 Å². The summed E-state index contributed by atoms with van der Waals surface area (Å²) in [6.07, 6.45) is 0. The van der Waals surface area contributed by atoms with Gasteiger partial charge in [-0.2, -0.15) is 0 Å². The largest absolute Gasteiger partial charge is 0.480 e. The van der Waals surface area contributed by atoms with Gasteiger partial charge in [-0.25, -0.2) is 0 Å². The summed E-state index contributed by atoms with van der Waals surface area (Å²) in [7, 11) is 0. The molecular formula is C10H9NO5. The van der Waals surface area contributed by atoms with Crippen molar-refractivity contribution >= 4 is 11.9 Å². The first-order valence-corrected chi connectivity index (χ1v) is 4.56. The molecule has 1 aliphatic rings. The number of hydrogen-bond donors (Lipinski definition) is 2. The number of carbonyl (C=O) groups is 2. The van der Waals surface area contributed by atoms with Crippen LogP contribution in [0.5, 0.6) is 11.5 Å². The van der Waals surface area contributed by atoms with Gasteiger partial charge in [0.15, 0.2) is 11.5 Å². The van der Waals surface area contributed by atoms with E-state index >= 15 is 0 Å². The van der Waals surface area contributed by atoms with E-state index in [0.29, 0.717) is 17.1 Å². The summed E-state index contributed by atoms with van der Waals surface area (Å²) in [5.74, 6) is -0.479. The highest BCUT2D eigenvalue weighted by Gasteiger charge is 2.16. The molecule has 1 aromatic rings. The fourth-order valence-corrected chi connectivity index (χ4v) is 1.30. The first kappa shape index (κ1) is 10.3. The minimum atomic E-state index is -1.09. The summed E-state index contributed by atoms with van der Waals surface area (Å²) in [5, 5.41) is 10.7. The van der Waals surface area contributed by atoms with Gasteiger partial charge in [-0.3, -0.25) is 9.59 Å². The van der Waals surface area contributed by atoms with Crippen molar-refractivity contribution in [2.24, 2.45) is 0 Å². The molecule has 0 saturated heterocycles. The molecule has 0 fully saturated rings. The topological polar surface area (TPSA) is 84.9 Å². The van der Waals surface area contributed by atoms with E-state index in [1.807, 2.05) is 0 Å². The lowest BCUT2D eigenvalue weighted by molar-refractivity contribution is -0.135. The minimum Gasteiger partial charge on any atom is -0.480 e. The van der Waals surface area contributed by atoms with Crippen molar-refractivity contribution in [2.75, 3.05) is 13.3 Å². The number of carbonyl (C=O) groups excluding carboxylic acids is 1. The van der Waals surface area contributed by atoms with Crippen LogP contribution in [0, 0.1) is 0 Å². The van der Waals surface area contributed by atoms with Crippen molar-refractivity contribution in [3.05, 3.63) is 23.8 Å². The Bertz CT molecular complexity index is 443. The standard InChI is InChI=1S/C10H9NO5/c12-9(13)4-11-10(14)6-1-2-7-8(3-6)16-5-15-7/h1-3H,4-5H2,(H,11,14)(H,12,13). The molecule has 0 saturated carbocycles. The van der Waals surface area contributed by atoms with E-state index in [9.17, 15) is 9.59 Å². The average molecular weight is 223 g/mol. The maximum atomic E-state index is 11.5. The van der Waals surface area contributed by atoms with Crippen molar-refractivity contribution in [3.8, 4) is 11.5 Å². The van der Waals surface area contributed by atoms with Crippen LogP contribution in [0.15, 0.2) is 18.2 Å². The van der Waals surface area contributed by atoms with Crippen LogP contribution in [0.4, 0.5) is 0 Å². The third-order valence-electron chi connectivity index (χ3n) is 2.03. The van der Waals surface area contributed by atoms with E-state index in [-0.39, 0.29) is 6.79 Å². The average Bonchev–Trinajstić information content (AvgIpc) is 2.72. The summed E-state index contributed by atoms with van der Waals surface area (Å²) in [5.41, 5.74) is 0.338. The third kappa shape index (κ3) is 2.05. The van der Waals surface area contributed by atoms with Crippen molar-refractivity contribution in [3.63, 3.8) is 0 Å². The zero-order chi connectivity index (χ0) is 11.5. The molecule has 2 rings (SSSR count). The number of fused-ring (bicyclic) bond motifs is 1. The summed E-state index contributed by atoms with van der Waals surface area (Å²) in [6.45, 7) is -0.275. The molecule has 6 heteroatoms. The number of ether oxygens (including phenoxy) is 2. The number of rotatable bonds is 3. The molecule has 1 heterocycles. The number of nitrogens with one attached hydrogen (secondary N) is 1. The predicted molar refractivity (Wildman–Crippen MR) is 52.5 cm³/mol. The second-order valence-electron chi connectivity index (χ2n) is 3.14. The first-order valence-electron chi connectivity index (χ1n) is 4.56. The summed E-state index contributed by atoms with van der Waals surface area (Å²) >= 11 is 0. The number of hydrogen-bond acceptors (Lipinski definition) is 4. The highest BCUT2D eigenvalue weighted by atomic mass is 16.7. The highest BCUT2D eigenvalue weighted by molar-refractivity contribution is 5.96. The molecule has 1 aliphatic heterocycles. The number of amides is 1. The molecule has 1 amide bonds. The van der Waals surface area contributed by atoms with Gasteiger partial charge in [0.25, 0.3) is 5.91 Å². The molecule has 0 bridgehead atoms. The van der Waals surface area contributed by atoms with Crippen LogP contribution in [0.3, 0.4) is 0 Å². The van der Waals surface area contributed by atoms with Gasteiger partial charge in [-0.05, 0) is 18.2 Å². The van der Waals surface area contributed by atoms with E-state index in [1.165, 1.54) is 6.07 Å². The third-order valence-corrected chi connectivity index (χ3v) is 2.03. The molecular weight excluding hydrogens is 214 g/mol. The Balaban J connectivity index is 2.09. The molecule has 0 aliphatic carbocycles. The SMILES string of the molecule is O=C(O)CNC(=O)c1ccc2c(c1)OCO2. The second kappa shape index (κ2) is 4.09. The number of carboxylic acid groups (broad SMARTS) is 1. The van der Waals surface area contributed by atoms with Gasteiger partial charge in [0, 0.05) is 5.56 Å². The molecule has 2 N–H and O–H groups in total. The first-order chi connectivity index (χ1) is 7.66. The van der Waals surface area contributed by atoms with Crippen molar-refractivity contribution in [1.29, 1.82) is 0 Å². The maximum absolute atomic E-state index is 11.5. The van der Waals surface area contributed by atoms with Gasteiger partial charge in [0.1, 0.15) is 6.54 Å². The van der Waals surface area contributed by atoms with E-state index in [4.69, 9.17) is 14.6 Å². The zero-order valence-electron chi connectivity index (χ0n) is 8.23. The van der Waals surface area contributed by atoms with E-state index in [2.05, 4.69) is 5.32 Å². The Morgan fingerprint density at radius 2 is 2.06 bits per heavy atom. The van der Waals surface area contributed by atoms with Gasteiger partial charge in [0.2, 0.25) is 6.79 Å². The Morgan fingerprint density at radius 1 is 1.31 bits per heavy atom. The van der Waals surface area contributed by atoms with Crippen LogP contribution in [0.25, 0.3) is 0 Å². The zero-order valence-corrected chi connectivity index (χ0v) is 8.23. The van der Waals surface area contributed by atoms with E-state index < -0.39 is 18.4 Å². The Labute approximate surface area is 90.8 Å². The summed E-state index contributed by atoms with van der Waals surface area (Å²) in [4.78, 5) is 21.7. The molecule has 0 unspecified atom stereocenters. The maximum Gasteiger partial charge on any atom is 0.322 e. The monoisotopic (exact) mass is 223 g/mol. The smallest absolute Gasteiger partial charge is 0.322 e. The lowest BCUT2D eigenvalue weighted by atomic mass is 10.2. The van der Waals surface area contributed by atoms with Crippen molar-refractivity contribution in [1.82, 2.24) is 5.32 Å². The quantitative estimate of drug-likeness (QED) is 0.766. The second-order valence-corrected chi connectivity index (χ2v) is 3.14. The lowest BCUT2D eigenvalue weighted by Crippen LogP contribution is -2.29. The molecule has 0 aromatic heterocycles. The molecule has 0 radical (unpaired) electrons. The summed E-state index contributed by atoms with van der Waals surface area (Å²) in [6, 6.07) is 4.67. The van der Waals surface area contributed by atoms with Gasteiger partial charge < -0.3 is 19.9 Å². The Morgan fingerprint density at radius 3 is 2.81 bits per heavy atom. The van der Waals surface area contributed by atoms with Crippen molar-refractivity contribution < 1.29 is 24.2 Å². The number of aliphatic carboxylic acids is 1. The van der Waals surface area contributed by atoms with Crippen LogP contribution < -0.4 is 14.8 Å². The van der Waals surface area contributed by atoms with Crippen molar-refractivity contribution in [2.45, 2.75) is 0 Å². The van der Waals surface area contributed by atoms with Crippen LogP contribution in [0.2, 0.25) is 0 Å². The van der Waals surface area contributed by atoms with Crippen LogP contribution in [0.1, 0.15) is 10.4 Å². The molecule has 84 valence electrons. The van der Waals surface area contributed by atoms with Crippen LogP contribution >= 0.6 is 0 Å². The Hall–Kier alpha value is -2.24. The minimum absolute atomic E-state index is 0.134. The van der Waals surface area contributed by atoms with Gasteiger partial charge >= 0.3 is 5.97 Å². The fourth-order valence-electron chi connectivity index (χ4n) is 1.30. The molecule has 16 heavy (non-hydrogen) atoms. The van der Waals surface area contributed by atoms with Gasteiger partial charge in [-0.15, -0.1) is 0 Å². The van der Waals surface area contributed by atoms with Gasteiger partial charge in [-0.1, -0.05) is 0 Å². The molecule has 1 aromatic carbocycles. The fraction of sp³-hybridized carbons (Fsp3) is 0.200. The highest BCUT2D eigenvalue weighted by Crippen LogP contribution is 2.32. The van der Waals surface area contributed by atoms with Crippen LogP contribution in [-0.2, 0) is 4.79 Å². The normalized spacial score (nSPS) is 12.2. The van der Waals surface area contributed by atoms with Crippen LogP contribution in [-0.4, -0.2) is 30.3 Å². The molecule has 6 nitrogen and oxygen atoms in total. The molecule has 0 atom stereocenters. The predicted octanol–water partition coefficient (Wildman–Crippen LogP) is 0.230. The number of carboxylic acids is 1. The van der Waals surface area contributed by atoms with Gasteiger partial charge in [0.05, 0.1) is 0 Å². The Kier molecular flexibility index (Phi) is 2.63. The summed E-state index contributed by atoms with van der Waals surface area (Å²) < 4.78 is 10.2.